The van der Waals surface area contributed by atoms with E-state index in [1.165, 1.54) is 12.2 Å². The Morgan fingerprint density at radius 2 is 1.47 bits per heavy atom. The quantitative estimate of drug-likeness (QED) is 0.0447. The van der Waals surface area contributed by atoms with E-state index in [0.29, 0.717) is 68.9 Å². The van der Waals surface area contributed by atoms with Gasteiger partial charge in [0, 0.05) is 98.1 Å². The average molecular weight is 1090 g/mol. The van der Waals surface area contributed by atoms with Crippen LogP contribution in [0.5, 0.6) is 0 Å². The second-order valence-electron chi connectivity index (χ2n) is 20.2. The van der Waals surface area contributed by atoms with Gasteiger partial charge in [-0.2, -0.15) is 0 Å². The summed E-state index contributed by atoms with van der Waals surface area (Å²) < 4.78 is 6.64. The summed E-state index contributed by atoms with van der Waals surface area (Å²) in [6.45, 7) is 6.36. The van der Waals surface area contributed by atoms with Crippen LogP contribution in [0.4, 0.5) is 29.0 Å². The summed E-state index contributed by atoms with van der Waals surface area (Å²) in [5.74, 6) is 0.0564. The lowest BCUT2D eigenvalue weighted by atomic mass is 9.91. The summed E-state index contributed by atoms with van der Waals surface area (Å²) in [6.07, 6.45) is 16.2. The number of nitrogens with zero attached hydrogens (tertiary/aromatic N) is 6. The van der Waals surface area contributed by atoms with E-state index in [1.54, 1.807) is 59.8 Å². The maximum Gasteiger partial charge on any atom is 0.255 e. The minimum absolute atomic E-state index is 0.0171. The van der Waals surface area contributed by atoms with E-state index < -0.39 is 5.91 Å². The molecule has 2 atom stereocenters. The number of aryl methyl sites for hydroxylation is 1. The number of anilines is 5. The van der Waals surface area contributed by atoms with Gasteiger partial charge in [-0.15, -0.1) is 0 Å². The number of likely N-dealkylation sites (N-methyl/N-ethyl adjacent to an activating group) is 1. The third kappa shape index (κ3) is 12.4. The number of halogens is 2. The highest BCUT2D eigenvalue weighted by atomic mass is 35.5. The van der Waals surface area contributed by atoms with Gasteiger partial charge in [-0.1, -0.05) is 78.3 Å². The van der Waals surface area contributed by atoms with Gasteiger partial charge in [-0.25, -0.2) is 19.9 Å². The van der Waals surface area contributed by atoms with Gasteiger partial charge in [0.25, 0.3) is 11.8 Å². The number of para-hydroxylation sites is 2. The number of hydrogen-bond acceptors (Lipinski definition) is 11. The summed E-state index contributed by atoms with van der Waals surface area (Å²) in [6, 6.07) is 28.6. The molecule has 2 aliphatic rings. The number of amides is 3. The van der Waals surface area contributed by atoms with Crippen LogP contribution >= 0.6 is 23.2 Å². The summed E-state index contributed by atoms with van der Waals surface area (Å²) >= 11 is 13.3. The van der Waals surface area contributed by atoms with Crippen molar-refractivity contribution in [2.45, 2.75) is 89.1 Å². The van der Waals surface area contributed by atoms with Crippen LogP contribution in [0.1, 0.15) is 73.0 Å². The number of aromatic amines is 2. The van der Waals surface area contributed by atoms with Gasteiger partial charge in [-0.3, -0.25) is 19.3 Å². The zero-order valence-corrected chi connectivity index (χ0v) is 45.3. The predicted molar refractivity (Wildman–Crippen MR) is 312 cm³/mol. The van der Waals surface area contributed by atoms with E-state index in [9.17, 15) is 14.4 Å². The fourth-order valence-corrected chi connectivity index (χ4v) is 10.9. The number of carbonyl (C=O) groups is 3. The standard InChI is InChI=1S/C60H62Cl2N12O4/c1-5-53(75)67-42-22-19-38(35-78-44-27-23-39(24-28-44)69-59-64-33-48(61)56(71-59)47-32-63-50-16-8-6-14-45(47)50)52(31-42)74(54(76)18-11-29-73(3)4)43-25-20-37(21-26-43)58(77)68-40-12-10-13-41(30-40)70-60-65-34-49(62)57(72-60)55-36(2)66-51-17-9-7-15-46(51)55/h5-9,11,14-22,25-26,31-34,39-41,44,63,66H,1,10,12-13,23-24,27-30,35H2,2-4H3,(H,67,75)(H,68,77)(H,64,69,71)(H,65,70,72)/b18-11+/t39-,40-,41+,44-/m0/s1. The van der Waals surface area contributed by atoms with Crippen molar-refractivity contribution >= 4 is 91.7 Å². The zero-order valence-electron chi connectivity index (χ0n) is 43.8. The molecule has 10 rings (SSSR count). The van der Waals surface area contributed by atoms with Crippen molar-refractivity contribution in [2.24, 2.45) is 0 Å². The lowest BCUT2D eigenvalue weighted by Gasteiger charge is -2.30. The molecule has 4 heterocycles. The van der Waals surface area contributed by atoms with E-state index in [1.807, 2.05) is 80.6 Å². The lowest BCUT2D eigenvalue weighted by Crippen LogP contribution is -2.42. The Kier molecular flexibility index (Phi) is 16.6. The smallest absolute Gasteiger partial charge is 0.255 e. The first-order valence-corrected chi connectivity index (χ1v) is 27.1. The number of hydrogen-bond donors (Lipinski definition) is 6. The molecule has 4 aromatic heterocycles. The number of H-pyrrole nitrogens is 2. The van der Waals surface area contributed by atoms with Gasteiger partial charge in [0.05, 0.1) is 52.2 Å². The van der Waals surface area contributed by atoms with Crippen LogP contribution in [0, 0.1) is 6.92 Å². The van der Waals surface area contributed by atoms with Crippen molar-refractivity contribution in [1.29, 1.82) is 0 Å². The molecule has 8 aromatic rings. The molecule has 0 aliphatic heterocycles. The summed E-state index contributed by atoms with van der Waals surface area (Å²) in [5, 5.41) is 16.2. The minimum Gasteiger partial charge on any atom is -0.373 e. The Bertz CT molecular complexity index is 3510. The number of ether oxygens (including phenoxy) is 1. The topological polar surface area (TPSA) is 198 Å². The third-order valence-electron chi connectivity index (χ3n) is 14.4. The number of rotatable bonds is 18. The van der Waals surface area contributed by atoms with Gasteiger partial charge < -0.3 is 40.9 Å². The molecule has 16 nitrogen and oxygen atoms in total. The van der Waals surface area contributed by atoms with Crippen molar-refractivity contribution in [1.82, 2.24) is 40.1 Å². The van der Waals surface area contributed by atoms with Crippen LogP contribution in [0.15, 0.2) is 134 Å². The number of nitrogens with one attached hydrogen (secondary N) is 6. The Hall–Kier alpha value is -7.89. The Morgan fingerprint density at radius 3 is 2.22 bits per heavy atom. The number of carbonyl (C=O) groups excluding carboxylic acids is 3. The van der Waals surface area contributed by atoms with Crippen molar-refractivity contribution < 1.29 is 19.1 Å². The van der Waals surface area contributed by atoms with Crippen LogP contribution in [0.2, 0.25) is 10.0 Å². The fraction of sp³-hybridized carbons (Fsp3) is 0.283. The van der Waals surface area contributed by atoms with Crippen molar-refractivity contribution in [2.75, 3.05) is 41.5 Å². The highest BCUT2D eigenvalue weighted by Gasteiger charge is 2.28. The molecule has 4 aromatic carbocycles. The molecule has 2 fully saturated rings. The minimum atomic E-state index is -0.392. The first-order valence-electron chi connectivity index (χ1n) is 26.3. The van der Waals surface area contributed by atoms with Gasteiger partial charge in [0.2, 0.25) is 17.8 Å². The molecule has 0 spiro atoms. The predicted octanol–water partition coefficient (Wildman–Crippen LogP) is 12.2. The summed E-state index contributed by atoms with van der Waals surface area (Å²) in [7, 11) is 3.85. The molecular weight excluding hydrogens is 1020 g/mol. The fourth-order valence-electron chi connectivity index (χ4n) is 10.5. The molecule has 0 unspecified atom stereocenters. The van der Waals surface area contributed by atoms with Crippen LogP contribution in [0.3, 0.4) is 0 Å². The monoisotopic (exact) mass is 1080 g/mol. The first-order chi connectivity index (χ1) is 37.9. The Balaban J connectivity index is 0.817. The van der Waals surface area contributed by atoms with Crippen LogP contribution in [-0.4, -0.2) is 97.4 Å². The van der Waals surface area contributed by atoms with E-state index >= 15 is 0 Å². The van der Waals surface area contributed by atoms with E-state index in [0.717, 1.165) is 89.1 Å². The lowest BCUT2D eigenvalue weighted by molar-refractivity contribution is -0.113. The Labute approximate surface area is 463 Å². The molecule has 18 heteroatoms. The van der Waals surface area contributed by atoms with Crippen LogP contribution in [0.25, 0.3) is 44.3 Å². The number of aromatic nitrogens is 6. The molecule has 400 valence electrons. The van der Waals surface area contributed by atoms with E-state index in [4.69, 9.17) is 37.9 Å². The molecular formula is C60H62Cl2N12O4. The third-order valence-corrected chi connectivity index (χ3v) is 15.0. The number of benzene rings is 4. The Morgan fingerprint density at radius 1 is 0.795 bits per heavy atom. The maximum atomic E-state index is 14.5. The highest BCUT2D eigenvalue weighted by Crippen LogP contribution is 2.38. The number of fused-ring (bicyclic) bond motifs is 2. The SMILES string of the molecule is C=CC(=O)Nc1ccc(CO[C@H]2CC[C@H](Nc3ncc(Cl)c(-c4c[nH]c5ccccc45)n3)CC2)c(N(C(=O)/C=C/CN(C)C)c2ccc(C(=O)N[C@H]3CCC[C@@H](Nc4ncc(Cl)c(-c5c(C)[nH]c6ccccc56)n4)C3)cc2)c1. The second kappa shape index (κ2) is 24.2. The molecule has 3 amide bonds. The van der Waals surface area contributed by atoms with Gasteiger partial charge in [0.1, 0.15) is 0 Å². The van der Waals surface area contributed by atoms with E-state index in [-0.39, 0.29) is 42.7 Å². The second-order valence-corrected chi connectivity index (χ2v) is 21.0. The first kappa shape index (κ1) is 53.5. The highest BCUT2D eigenvalue weighted by molar-refractivity contribution is 6.33. The molecule has 2 saturated carbocycles. The molecule has 2 aliphatic carbocycles. The normalized spacial score (nSPS) is 17.6. The largest absolute Gasteiger partial charge is 0.373 e. The van der Waals surface area contributed by atoms with Crippen molar-refractivity contribution in [3.05, 3.63) is 161 Å². The van der Waals surface area contributed by atoms with E-state index in [2.05, 4.69) is 53.8 Å². The van der Waals surface area contributed by atoms with Gasteiger partial charge in [0.15, 0.2) is 0 Å². The van der Waals surface area contributed by atoms with Crippen molar-refractivity contribution in [3.63, 3.8) is 0 Å². The van der Waals surface area contributed by atoms with Crippen molar-refractivity contribution in [3.8, 4) is 22.5 Å². The van der Waals surface area contributed by atoms with Gasteiger partial charge in [-0.05, 0) is 127 Å². The van der Waals surface area contributed by atoms with Crippen LogP contribution < -0.4 is 26.2 Å². The molecule has 6 N–H and O–H groups in total. The molecule has 0 bridgehead atoms. The van der Waals surface area contributed by atoms with Crippen LogP contribution in [-0.2, 0) is 20.9 Å². The molecule has 78 heavy (non-hydrogen) atoms. The molecule has 0 saturated heterocycles. The summed E-state index contributed by atoms with van der Waals surface area (Å²) in [5.41, 5.74) is 8.84. The average Bonchev–Trinajstić information content (AvgIpc) is 4.14. The van der Waals surface area contributed by atoms with Gasteiger partial charge >= 0.3 is 0 Å². The summed E-state index contributed by atoms with van der Waals surface area (Å²) in [4.78, 5) is 70.1. The zero-order chi connectivity index (χ0) is 54.3. The molecule has 0 radical (unpaired) electrons. The maximum absolute atomic E-state index is 14.5.